The topological polar surface area (TPSA) is 67.4 Å². The molecule has 0 radical (unpaired) electrons. The van der Waals surface area contributed by atoms with Crippen LogP contribution in [0.4, 0.5) is 5.69 Å². The molecule has 0 saturated heterocycles. The molecule has 106 valence electrons. The summed E-state index contributed by atoms with van der Waals surface area (Å²) in [6, 6.07) is 5.23. The summed E-state index contributed by atoms with van der Waals surface area (Å²) in [5, 5.41) is 3.27. The molecule has 1 aromatic carbocycles. The fourth-order valence-electron chi connectivity index (χ4n) is 2.09. The highest BCUT2D eigenvalue weighted by atomic mass is 32.2. The molecule has 2 N–H and O–H groups in total. The van der Waals surface area contributed by atoms with Gasteiger partial charge < -0.3 is 10.1 Å². The average Bonchev–Trinajstić information content (AvgIpc) is 2.43. The molecule has 0 aromatic heterocycles. The number of sulfonamides is 1. The number of aryl methyl sites for hydroxylation is 1. The van der Waals surface area contributed by atoms with Gasteiger partial charge in [0, 0.05) is 25.4 Å². The third kappa shape index (κ3) is 3.68. The van der Waals surface area contributed by atoms with Crippen molar-refractivity contribution < 1.29 is 13.2 Å². The van der Waals surface area contributed by atoms with Crippen LogP contribution in [0.15, 0.2) is 23.1 Å². The molecule has 1 aliphatic rings. The van der Waals surface area contributed by atoms with E-state index in [0.29, 0.717) is 24.7 Å². The van der Waals surface area contributed by atoms with E-state index >= 15 is 0 Å². The molecular weight excluding hydrogens is 264 g/mol. The zero-order valence-electron chi connectivity index (χ0n) is 11.1. The van der Waals surface area contributed by atoms with Crippen LogP contribution in [0.25, 0.3) is 0 Å². The molecule has 0 aliphatic carbocycles. The summed E-state index contributed by atoms with van der Waals surface area (Å²) in [4.78, 5) is 0.325. The van der Waals surface area contributed by atoms with Gasteiger partial charge in [-0.05, 0) is 43.5 Å². The summed E-state index contributed by atoms with van der Waals surface area (Å²) in [6.45, 7) is 4.11. The van der Waals surface area contributed by atoms with Crippen molar-refractivity contribution in [2.45, 2.75) is 24.7 Å². The van der Waals surface area contributed by atoms with Crippen LogP contribution in [0.1, 0.15) is 18.9 Å². The maximum atomic E-state index is 12.1. The SMILES string of the molecule is CCOCCNS(=O)(=O)c1ccc2c(c1)CCCN2. The number of rotatable bonds is 6. The van der Waals surface area contributed by atoms with Crippen molar-refractivity contribution in [2.24, 2.45) is 0 Å². The molecule has 0 atom stereocenters. The quantitative estimate of drug-likeness (QED) is 0.774. The number of ether oxygens (including phenoxy) is 1. The first-order chi connectivity index (χ1) is 9.13. The number of anilines is 1. The van der Waals surface area contributed by atoms with Crippen LogP contribution in [0.2, 0.25) is 0 Å². The van der Waals surface area contributed by atoms with E-state index in [9.17, 15) is 8.42 Å². The van der Waals surface area contributed by atoms with E-state index in [1.807, 2.05) is 13.0 Å². The molecular formula is C13H20N2O3S. The summed E-state index contributed by atoms with van der Waals surface area (Å²) >= 11 is 0. The Morgan fingerprint density at radius 2 is 2.26 bits per heavy atom. The van der Waals surface area contributed by atoms with Gasteiger partial charge >= 0.3 is 0 Å². The molecule has 0 spiro atoms. The highest BCUT2D eigenvalue weighted by Crippen LogP contribution is 2.24. The van der Waals surface area contributed by atoms with Gasteiger partial charge in [0.1, 0.15) is 0 Å². The van der Waals surface area contributed by atoms with Gasteiger partial charge in [0.05, 0.1) is 11.5 Å². The summed E-state index contributed by atoms with van der Waals surface area (Å²) < 4.78 is 31.9. The van der Waals surface area contributed by atoms with E-state index in [-0.39, 0.29) is 0 Å². The minimum Gasteiger partial charge on any atom is -0.385 e. The predicted octanol–water partition coefficient (Wildman–Crippen LogP) is 1.36. The van der Waals surface area contributed by atoms with E-state index in [4.69, 9.17) is 4.74 Å². The molecule has 0 fully saturated rings. The van der Waals surface area contributed by atoms with Gasteiger partial charge in [-0.3, -0.25) is 0 Å². The Morgan fingerprint density at radius 1 is 1.42 bits per heavy atom. The number of hydrogen-bond donors (Lipinski definition) is 2. The third-order valence-corrected chi connectivity index (χ3v) is 4.53. The molecule has 0 unspecified atom stereocenters. The van der Waals surface area contributed by atoms with Crippen molar-refractivity contribution in [3.8, 4) is 0 Å². The molecule has 0 amide bonds. The molecule has 1 aliphatic heterocycles. The van der Waals surface area contributed by atoms with Crippen LogP contribution in [0.5, 0.6) is 0 Å². The smallest absolute Gasteiger partial charge is 0.240 e. The molecule has 19 heavy (non-hydrogen) atoms. The van der Waals surface area contributed by atoms with Gasteiger partial charge in [0.2, 0.25) is 10.0 Å². The second-order valence-electron chi connectivity index (χ2n) is 4.44. The monoisotopic (exact) mass is 284 g/mol. The Morgan fingerprint density at radius 3 is 3.05 bits per heavy atom. The van der Waals surface area contributed by atoms with Crippen LogP contribution in [0.3, 0.4) is 0 Å². The molecule has 6 heteroatoms. The van der Waals surface area contributed by atoms with E-state index in [0.717, 1.165) is 30.6 Å². The predicted molar refractivity (Wildman–Crippen MR) is 74.9 cm³/mol. The average molecular weight is 284 g/mol. The van der Waals surface area contributed by atoms with E-state index < -0.39 is 10.0 Å². The van der Waals surface area contributed by atoms with Crippen molar-refractivity contribution in [3.63, 3.8) is 0 Å². The van der Waals surface area contributed by atoms with Crippen molar-refractivity contribution in [3.05, 3.63) is 23.8 Å². The first kappa shape index (κ1) is 14.3. The Balaban J connectivity index is 2.07. The Labute approximate surface area is 114 Å². The lowest BCUT2D eigenvalue weighted by atomic mass is 10.0. The lowest BCUT2D eigenvalue weighted by molar-refractivity contribution is 0.153. The maximum Gasteiger partial charge on any atom is 0.240 e. The second kappa shape index (κ2) is 6.36. The molecule has 1 heterocycles. The fourth-order valence-corrected chi connectivity index (χ4v) is 3.16. The van der Waals surface area contributed by atoms with Gasteiger partial charge in [-0.25, -0.2) is 13.1 Å². The Hall–Kier alpha value is -1.11. The largest absolute Gasteiger partial charge is 0.385 e. The van der Waals surface area contributed by atoms with Gasteiger partial charge in [-0.1, -0.05) is 0 Å². The molecule has 0 saturated carbocycles. The summed E-state index contributed by atoms with van der Waals surface area (Å²) in [7, 11) is -3.43. The molecule has 5 nitrogen and oxygen atoms in total. The fraction of sp³-hybridized carbons (Fsp3) is 0.538. The van der Waals surface area contributed by atoms with Crippen molar-refractivity contribution in [1.82, 2.24) is 4.72 Å². The van der Waals surface area contributed by atoms with Gasteiger partial charge in [-0.15, -0.1) is 0 Å². The summed E-state index contributed by atoms with van der Waals surface area (Å²) in [6.07, 6.45) is 1.96. The van der Waals surface area contributed by atoms with Gasteiger partial charge in [-0.2, -0.15) is 0 Å². The van der Waals surface area contributed by atoms with E-state index in [1.165, 1.54) is 0 Å². The van der Waals surface area contributed by atoms with E-state index in [1.54, 1.807) is 12.1 Å². The zero-order valence-corrected chi connectivity index (χ0v) is 11.9. The summed E-state index contributed by atoms with van der Waals surface area (Å²) in [5.74, 6) is 0. The third-order valence-electron chi connectivity index (χ3n) is 3.07. The maximum absolute atomic E-state index is 12.1. The highest BCUT2D eigenvalue weighted by Gasteiger charge is 2.16. The summed E-state index contributed by atoms with van der Waals surface area (Å²) in [5.41, 5.74) is 2.11. The minimum absolute atomic E-state index is 0.297. The lowest BCUT2D eigenvalue weighted by Crippen LogP contribution is -2.27. The van der Waals surface area contributed by atoms with Crippen LogP contribution >= 0.6 is 0 Å². The first-order valence-electron chi connectivity index (χ1n) is 6.57. The van der Waals surface area contributed by atoms with Gasteiger partial charge in [0.15, 0.2) is 0 Å². The molecule has 0 bridgehead atoms. The highest BCUT2D eigenvalue weighted by molar-refractivity contribution is 7.89. The van der Waals surface area contributed by atoms with Crippen LogP contribution in [-0.2, 0) is 21.2 Å². The second-order valence-corrected chi connectivity index (χ2v) is 6.21. The van der Waals surface area contributed by atoms with Crippen LogP contribution < -0.4 is 10.0 Å². The standard InChI is InChI=1S/C13H20N2O3S/c1-2-18-9-8-15-19(16,17)12-5-6-13-11(10-12)4-3-7-14-13/h5-6,10,14-15H,2-4,7-9H2,1H3. The zero-order chi connectivity index (χ0) is 13.7. The number of benzene rings is 1. The minimum atomic E-state index is -3.43. The molecule has 2 rings (SSSR count). The Bertz CT molecular complexity index is 529. The lowest BCUT2D eigenvalue weighted by Gasteiger charge is -2.18. The first-order valence-corrected chi connectivity index (χ1v) is 8.06. The van der Waals surface area contributed by atoms with Crippen molar-refractivity contribution >= 4 is 15.7 Å². The Kier molecular flexibility index (Phi) is 4.79. The number of fused-ring (bicyclic) bond motifs is 1. The normalized spacial score (nSPS) is 14.8. The van der Waals surface area contributed by atoms with Crippen LogP contribution in [0, 0.1) is 0 Å². The number of nitrogens with one attached hydrogen (secondary N) is 2. The van der Waals surface area contributed by atoms with Crippen LogP contribution in [-0.4, -0.2) is 34.7 Å². The number of hydrogen-bond acceptors (Lipinski definition) is 4. The van der Waals surface area contributed by atoms with Gasteiger partial charge in [0.25, 0.3) is 0 Å². The van der Waals surface area contributed by atoms with E-state index in [2.05, 4.69) is 10.0 Å². The van der Waals surface area contributed by atoms with Crippen molar-refractivity contribution in [2.75, 3.05) is 31.6 Å². The van der Waals surface area contributed by atoms with Crippen molar-refractivity contribution in [1.29, 1.82) is 0 Å². The molecule has 1 aromatic rings.